The van der Waals surface area contributed by atoms with E-state index in [4.69, 9.17) is 14.9 Å². The van der Waals surface area contributed by atoms with Gasteiger partial charge in [-0.25, -0.2) is 9.59 Å². The zero-order chi connectivity index (χ0) is 24.6. The van der Waals surface area contributed by atoms with Crippen LogP contribution in [0.3, 0.4) is 0 Å². The molecule has 1 atom stereocenters. The first kappa shape index (κ1) is 27.3. The van der Waals surface area contributed by atoms with Crippen LogP contribution in [0.25, 0.3) is 0 Å². The predicted octanol–water partition coefficient (Wildman–Crippen LogP) is 5.25. The normalized spacial score (nSPS) is 15.0. The lowest BCUT2D eigenvalue weighted by Gasteiger charge is -2.25. The largest absolute Gasteiger partial charge is 0.478 e. The lowest BCUT2D eigenvalue weighted by molar-refractivity contribution is -0.134. The average Bonchev–Trinajstić information content (AvgIpc) is 2.86. The molecule has 0 radical (unpaired) electrons. The maximum Gasteiger partial charge on any atom is 0.328 e. The van der Waals surface area contributed by atoms with Gasteiger partial charge >= 0.3 is 11.9 Å². The molecule has 0 saturated heterocycles. The van der Waals surface area contributed by atoms with Crippen LogP contribution in [-0.2, 0) is 14.3 Å². The van der Waals surface area contributed by atoms with Gasteiger partial charge in [-0.1, -0.05) is 79.9 Å². The van der Waals surface area contributed by atoms with Crippen molar-refractivity contribution >= 4 is 11.9 Å². The quantitative estimate of drug-likeness (QED) is 0.391. The van der Waals surface area contributed by atoms with Crippen LogP contribution in [0.5, 0.6) is 0 Å². The molecule has 0 aliphatic heterocycles. The Bertz CT molecular complexity index is 807. The topological polar surface area (TPSA) is 95.9 Å². The Labute approximate surface area is 202 Å². The van der Waals surface area contributed by atoms with Crippen molar-refractivity contribution in [1.29, 1.82) is 0 Å². The van der Waals surface area contributed by atoms with E-state index in [0.29, 0.717) is 30.2 Å². The summed E-state index contributed by atoms with van der Waals surface area (Å²) in [6.07, 6.45) is 9.26. The van der Waals surface area contributed by atoms with Crippen LogP contribution < -0.4 is 5.32 Å². The van der Waals surface area contributed by atoms with E-state index in [2.05, 4.69) is 72.9 Å². The molecule has 2 aromatic carbocycles. The van der Waals surface area contributed by atoms with Crippen LogP contribution in [-0.4, -0.2) is 47.4 Å². The second-order valence-electron chi connectivity index (χ2n) is 8.62. The highest BCUT2D eigenvalue weighted by Crippen LogP contribution is 2.27. The standard InChI is InChI=1S/C24H33NO.C4H4O4/c1-20(19-26-23-15-9-4-10-16-23)25-18-17-24(21-11-5-2-6-12-21)22-13-7-3-8-14-22;5-3(6)1-2-4(7)8/h2-3,5-8,11-14,20,23-25H,4,9-10,15-19H2,1H3;1-2H,(H,5,6)(H,7,8)/b;2-1+. The Morgan fingerprint density at radius 2 is 1.41 bits per heavy atom. The number of aliphatic carboxylic acids is 2. The number of carboxylic acid groups (broad SMARTS) is 2. The third-order valence-corrected chi connectivity index (χ3v) is 5.83. The van der Waals surface area contributed by atoms with Gasteiger partial charge in [0.15, 0.2) is 0 Å². The molecule has 1 unspecified atom stereocenters. The molecule has 6 nitrogen and oxygen atoms in total. The van der Waals surface area contributed by atoms with E-state index in [9.17, 15) is 9.59 Å². The molecule has 184 valence electrons. The molecule has 3 N–H and O–H groups in total. The molecule has 2 aromatic rings. The van der Waals surface area contributed by atoms with Gasteiger partial charge in [0.25, 0.3) is 0 Å². The third kappa shape index (κ3) is 11.3. The molecule has 1 aliphatic carbocycles. The lowest BCUT2D eigenvalue weighted by atomic mass is 9.88. The highest BCUT2D eigenvalue weighted by molar-refractivity contribution is 5.89. The highest BCUT2D eigenvalue weighted by atomic mass is 16.5. The van der Waals surface area contributed by atoms with Crippen LogP contribution in [0.15, 0.2) is 72.8 Å². The monoisotopic (exact) mass is 467 g/mol. The van der Waals surface area contributed by atoms with E-state index in [1.165, 1.54) is 43.2 Å². The zero-order valence-electron chi connectivity index (χ0n) is 19.9. The van der Waals surface area contributed by atoms with Gasteiger partial charge in [0.2, 0.25) is 0 Å². The summed E-state index contributed by atoms with van der Waals surface area (Å²) < 4.78 is 6.11. The summed E-state index contributed by atoms with van der Waals surface area (Å²) in [7, 11) is 0. The Kier molecular flexibility index (Phi) is 12.7. The van der Waals surface area contributed by atoms with Crippen molar-refractivity contribution in [3.8, 4) is 0 Å². The van der Waals surface area contributed by atoms with Gasteiger partial charge in [-0.05, 0) is 43.9 Å². The zero-order valence-corrected chi connectivity index (χ0v) is 19.9. The van der Waals surface area contributed by atoms with Crippen molar-refractivity contribution in [2.75, 3.05) is 13.2 Å². The Balaban J connectivity index is 0.000000440. The molecule has 0 amide bonds. The second kappa shape index (κ2) is 15.8. The van der Waals surface area contributed by atoms with Gasteiger partial charge in [0.1, 0.15) is 0 Å². The molecule has 6 heteroatoms. The van der Waals surface area contributed by atoms with Crippen molar-refractivity contribution in [3.63, 3.8) is 0 Å². The Hall–Kier alpha value is -2.96. The molecule has 1 saturated carbocycles. The van der Waals surface area contributed by atoms with E-state index < -0.39 is 11.9 Å². The van der Waals surface area contributed by atoms with Crippen LogP contribution in [0.4, 0.5) is 0 Å². The van der Waals surface area contributed by atoms with E-state index in [1.807, 2.05) is 0 Å². The SMILES string of the molecule is CC(COC1CCCCC1)NCCC(c1ccccc1)c1ccccc1.O=C(O)/C=C/C(=O)O. The molecule has 3 rings (SSSR count). The van der Waals surface area contributed by atoms with Crippen LogP contribution in [0.1, 0.15) is 62.5 Å². The van der Waals surface area contributed by atoms with Gasteiger partial charge in [-0.15, -0.1) is 0 Å². The maximum absolute atomic E-state index is 9.55. The molecule has 0 heterocycles. The highest BCUT2D eigenvalue weighted by Gasteiger charge is 2.16. The maximum atomic E-state index is 9.55. The average molecular weight is 468 g/mol. The van der Waals surface area contributed by atoms with Gasteiger partial charge in [-0.2, -0.15) is 0 Å². The fourth-order valence-electron chi connectivity index (χ4n) is 4.08. The predicted molar refractivity (Wildman–Crippen MR) is 134 cm³/mol. The Morgan fingerprint density at radius 3 is 1.88 bits per heavy atom. The number of nitrogens with one attached hydrogen (secondary N) is 1. The molecule has 34 heavy (non-hydrogen) atoms. The molecule has 0 aromatic heterocycles. The van der Waals surface area contributed by atoms with Crippen molar-refractivity contribution < 1.29 is 24.5 Å². The van der Waals surface area contributed by atoms with E-state index in [0.717, 1.165) is 19.6 Å². The summed E-state index contributed by atoms with van der Waals surface area (Å²) in [4.78, 5) is 19.1. The minimum atomic E-state index is -1.26. The first-order chi connectivity index (χ1) is 16.5. The number of carboxylic acids is 2. The van der Waals surface area contributed by atoms with Crippen molar-refractivity contribution in [3.05, 3.63) is 83.9 Å². The summed E-state index contributed by atoms with van der Waals surface area (Å²) in [5, 5.41) is 19.3. The van der Waals surface area contributed by atoms with Crippen LogP contribution >= 0.6 is 0 Å². The fraction of sp³-hybridized carbons (Fsp3) is 0.429. The minimum Gasteiger partial charge on any atom is -0.478 e. The summed E-state index contributed by atoms with van der Waals surface area (Å²) in [5.74, 6) is -2.07. The molecule has 0 bridgehead atoms. The van der Waals surface area contributed by atoms with E-state index in [1.54, 1.807) is 0 Å². The van der Waals surface area contributed by atoms with Gasteiger partial charge in [-0.3, -0.25) is 0 Å². The van der Waals surface area contributed by atoms with Gasteiger partial charge < -0.3 is 20.3 Å². The van der Waals surface area contributed by atoms with Crippen molar-refractivity contribution in [1.82, 2.24) is 5.32 Å². The summed E-state index contributed by atoms with van der Waals surface area (Å²) >= 11 is 0. The number of hydrogen-bond acceptors (Lipinski definition) is 4. The third-order valence-electron chi connectivity index (χ3n) is 5.83. The van der Waals surface area contributed by atoms with E-state index >= 15 is 0 Å². The van der Waals surface area contributed by atoms with E-state index in [-0.39, 0.29) is 0 Å². The van der Waals surface area contributed by atoms with Crippen molar-refractivity contribution in [2.24, 2.45) is 0 Å². The minimum absolute atomic E-state index is 0.407. The number of hydrogen-bond donors (Lipinski definition) is 3. The van der Waals surface area contributed by atoms with Crippen LogP contribution in [0.2, 0.25) is 0 Å². The first-order valence-corrected chi connectivity index (χ1v) is 12.0. The van der Waals surface area contributed by atoms with Crippen LogP contribution in [0, 0.1) is 0 Å². The fourth-order valence-corrected chi connectivity index (χ4v) is 4.08. The molecule has 1 fully saturated rings. The molecule has 0 spiro atoms. The lowest BCUT2D eigenvalue weighted by Crippen LogP contribution is -2.34. The Morgan fingerprint density at radius 1 is 0.912 bits per heavy atom. The number of benzene rings is 2. The van der Waals surface area contributed by atoms with Gasteiger partial charge in [0.05, 0.1) is 12.7 Å². The molecule has 1 aliphatic rings. The molecular weight excluding hydrogens is 430 g/mol. The number of rotatable bonds is 11. The summed E-state index contributed by atoms with van der Waals surface area (Å²) in [5.41, 5.74) is 2.79. The number of carbonyl (C=O) groups is 2. The van der Waals surface area contributed by atoms with Gasteiger partial charge in [0, 0.05) is 24.1 Å². The molecular formula is C28H37NO5. The number of ether oxygens (including phenoxy) is 1. The summed E-state index contributed by atoms with van der Waals surface area (Å²) in [6, 6.07) is 22.1. The smallest absolute Gasteiger partial charge is 0.328 e. The summed E-state index contributed by atoms with van der Waals surface area (Å²) in [6.45, 7) is 4.07. The first-order valence-electron chi connectivity index (χ1n) is 12.0. The van der Waals surface area contributed by atoms with Crippen molar-refractivity contribution in [2.45, 2.75) is 63.5 Å². The second-order valence-corrected chi connectivity index (χ2v) is 8.62.